The molecule has 0 spiro atoms. The zero-order valence-corrected chi connectivity index (χ0v) is 18.8. The summed E-state index contributed by atoms with van der Waals surface area (Å²) in [7, 11) is 0. The maximum absolute atomic E-state index is 13.5. The standard InChI is InChI=1S/C23H22ClN9O/c24-15-8-4-9-16-17(15)22(34)33(11-5-10-25)21(29-16)18(13-6-2-1-3-7-13)30-20-14(12-26)19(27)31-23(28)32-20/h1-4,6-9,18H,5,10-11,25H2,(H5,27,28,30,31,32)/t18-/m0/s1. The number of fused-ring (bicyclic) bond motifs is 1. The Kier molecular flexibility index (Phi) is 6.58. The third kappa shape index (κ3) is 4.34. The third-order valence-electron chi connectivity index (χ3n) is 5.29. The first-order valence-corrected chi connectivity index (χ1v) is 10.9. The highest BCUT2D eigenvalue weighted by Gasteiger charge is 2.25. The van der Waals surface area contributed by atoms with E-state index in [4.69, 9.17) is 33.8 Å². The summed E-state index contributed by atoms with van der Waals surface area (Å²) in [6.07, 6.45) is 0.545. The molecule has 0 aliphatic carbocycles. The van der Waals surface area contributed by atoms with Crippen LogP contribution in [0.5, 0.6) is 0 Å². The molecule has 0 aliphatic heterocycles. The zero-order valence-electron chi connectivity index (χ0n) is 18.1. The van der Waals surface area contributed by atoms with Crippen LogP contribution in [0.15, 0.2) is 53.3 Å². The van der Waals surface area contributed by atoms with E-state index in [0.29, 0.717) is 41.3 Å². The number of nitrogens with two attached hydrogens (primary N) is 3. The van der Waals surface area contributed by atoms with Gasteiger partial charge in [-0.05, 0) is 30.7 Å². The van der Waals surface area contributed by atoms with Crippen LogP contribution in [0.3, 0.4) is 0 Å². The lowest BCUT2D eigenvalue weighted by atomic mass is 10.0. The van der Waals surface area contributed by atoms with E-state index in [1.165, 1.54) is 0 Å². The quantitative estimate of drug-likeness (QED) is 0.312. The zero-order chi connectivity index (χ0) is 24.2. The van der Waals surface area contributed by atoms with E-state index in [9.17, 15) is 10.1 Å². The normalized spacial score (nSPS) is 11.8. The highest BCUT2D eigenvalue weighted by molar-refractivity contribution is 6.35. The van der Waals surface area contributed by atoms with Gasteiger partial charge in [0.25, 0.3) is 5.56 Å². The van der Waals surface area contributed by atoms with Crippen molar-refractivity contribution >= 4 is 40.1 Å². The Morgan fingerprint density at radius 2 is 1.85 bits per heavy atom. The topological polar surface area (TPSA) is 175 Å². The van der Waals surface area contributed by atoms with Crippen LogP contribution < -0.4 is 28.1 Å². The molecule has 1 atom stereocenters. The van der Waals surface area contributed by atoms with E-state index in [1.54, 1.807) is 22.8 Å². The van der Waals surface area contributed by atoms with Gasteiger partial charge in [0, 0.05) is 6.54 Å². The Morgan fingerprint density at radius 3 is 2.56 bits per heavy atom. The van der Waals surface area contributed by atoms with Crippen molar-refractivity contribution in [3.8, 4) is 6.07 Å². The van der Waals surface area contributed by atoms with Gasteiger partial charge in [-0.2, -0.15) is 15.2 Å². The van der Waals surface area contributed by atoms with E-state index in [2.05, 4.69) is 15.3 Å². The van der Waals surface area contributed by atoms with Gasteiger partial charge in [-0.3, -0.25) is 9.36 Å². The number of nitriles is 1. The van der Waals surface area contributed by atoms with Crippen molar-refractivity contribution in [2.45, 2.75) is 19.0 Å². The molecule has 2 heterocycles. The number of benzene rings is 2. The second-order valence-electron chi connectivity index (χ2n) is 7.49. The molecule has 0 radical (unpaired) electrons. The van der Waals surface area contributed by atoms with Gasteiger partial charge in [-0.15, -0.1) is 0 Å². The molecule has 10 nitrogen and oxygen atoms in total. The molecule has 2 aromatic carbocycles. The maximum atomic E-state index is 13.5. The van der Waals surface area contributed by atoms with Gasteiger partial charge in [-0.1, -0.05) is 48.0 Å². The Balaban J connectivity index is 1.99. The Morgan fingerprint density at radius 1 is 1.09 bits per heavy atom. The number of aromatic nitrogens is 4. The van der Waals surface area contributed by atoms with Crippen LogP contribution >= 0.6 is 11.6 Å². The highest BCUT2D eigenvalue weighted by Crippen LogP contribution is 2.29. The van der Waals surface area contributed by atoms with Gasteiger partial charge in [0.05, 0.1) is 15.9 Å². The fourth-order valence-corrected chi connectivity index (χ4v) is 3.97. The summed E-state index contributed by atoms with van der Waals surface area (Å²) in [5.41, 5.74) is 18.4. The van der Waals surface area contributed by atoms with E-state index in [1.807, 2.05) is 36.4 Å². The van der Waals surface area contributed by atoms with Crippen molar-refractivity contribution in [1.29, 1.82) is 5.26 Å². The molecule has 34 heavy (non-hydrogen) atoms. The predicted octanol–water partition coefficient (Wildman–Crippen LogP) is 2.43. The van der Waals surface area contributed by atoms with E-state index in [0.717, 1.165) is 5.56 Å². The Labute approximate surface area is 200 Å². The molecule has 2 aromatic heterocycles. The minimum absolute atomic E-state index is 0.0369. The second-order valence-corrected chi connectivity index (χ2v) is 7.90. The van der Waals surface area contributed by atoms with Gasteiger partial charge in [-0.25, -0.2) is 4.98 Å². The fourth-order valence-electron chi connectivity index (χ4n) is 3.72. The summed E-state index contributed by atoms with van der Waals surface area (Å²) in [5.74, 6) is 0.388. The summed E-state index contributed by atoms with van der Waals surface area (Å²) < 4.78 is 1.55. The predicted molar refractivity (Wildman–Crippen MR) is 132 cm³/mol. The minimum atomic E-state index is -0.684. The van der Waals surface area contributed by atoms with Crippen molar-refractivity contribution in [3.05, 3.63) is 80.9 Å². The van der Waals surface area contributed by atoms with Crippen molar-refractivity contribution in [2.75, 3.05) is 23.3 Å². The number of nitrogen functional groups attached to an aromatic ring is 2. The maximum Gasteiger partial charge on any atom is 0.262 e. The molecule has 0 saturated carbocycles. The number of hydrogen-bond donors (Lipinski definition) is 4. The molecular weight excluding hydrogens is 454 g/mol. The molecule has 4 aromatic rings. The highest BCUT2D eigenvalue weighted by atomic mass is 35.5. The molecule has 0 amide bonds. The average Bonchev–Trinajstić information content (AvgIpc) is 2.82. The fraction of sp³-hybridized carbons (Fsp3) is 0.174. The van der Waals surface area contributed by atoms with Crippen molar-refractivity contribution in [1.82, 2.24) is 19.5 Å². The van der Waals surface area contributed by atoms with Crippen LogP contribution in [0.25, 0.3) is 10.9 Å². The Hall–Kier alpha value is -4.20. The van der Waals surface area contributed by atoms with Crippen molar-refractivity contribution in [3.63, 3.8) is 0 Å². The van der Waals surface area contributed by atoms with Gasteiger partial charge in [0.2, 0.25) is 5.95 Å². The summed E-state index contributed by atoms with van der Waals surface area (Å²) in [6.45, 7) is 0.705. The summed E-state index contributed by atoms with van der Waals surface area (Å²) in [6, 6.07) is 15.8. The first kappa shape index (κ1) is 23.0. The van der Waals surface area contributed by atoms with Crippen molar-refractivity contribution in [2.24, 2.45) is 5.73 Å². The molecule has 0 bridgehead atoms. The lowest BCUT2D eigenvalue weighted by molar-refractivity contribution is 0.578. The lowest BCUT2D eigenvalue weighted by Crippen LogP contribution is -2.31. The van der Waals surface area contributed by atoms with Crippen LogP contribution in [0.1, 0.15) is 29.4 Å². The summed E-state index contributed by atoms with van der Waals surface area (Å²) in [4.78, 5) is 26.4. The molecule has 11 heteroatoms. The van der Waals surface area contributed by atoms with Gasteiger partial charge < -0.3 is 22.5 Å². The number of anilines is 3. The van der Waals surface area contributed by atoms with E-state index < -0.39 is 6.04 Å². The second kappa shape index (κ2) is 9.74. The average molecular weight is 476 g/mol. The van der Waals surface area contributed by atoms with Crippen LogP contribution in [-0.4, -0.2) is 26.1 Å². The van der Waals surface area contributed by atoms with Gasteiger partial charge in [0.1, 0.15) is 29.3 Å². The molecule has 0 fully saturated rings. The molecule has 4 rings (SSSR count). The molecule has 0 unspecified atom stereocenters. The van der Waals surface area contributed by atoms with Crippen LogP contribution in [-0.2, 0) is 6.54 Å². The largest absolute Gasteiger partial charge is 0.382 e. The number of hydrogen-bond acceptors (Lipinski definition) is 9. The number of halogens is 1. The van der Waals surface area contributed by atoms with Crippen LogP contribution in [0.4, 0.5) is 17.6 Å². The first-order valence-electron chi connectivity index (χ1n) is 10.5. The third-order valence-corrected chi connectivity index (χ3v) is 5.60. The molecule has 0 aliphatic rings. The van der Waals surface area contributed by atoms with E-state index >= 15 is 0 Å². The monoisotopic (exact) mass is 475 g/mol. The molecule has 0 saturated heterocycles. The van der Waals surface area contributed by atoms with Crippen LogP contribution in [0, 0.1) is 11.3 Å². The van der Waals surface area contributed by atoms with Gasteiger partial charge >= 0.3 is 0 Å². The minimum Gasteiger partial charge on any atom is -0.382 e. The summed E-state index contributed by atoms with van der Waals surface area (Å²) in [5, 5.41) is 13.5. The van der Waals surface area contributed by atoms with Gasteiger partial charge in [0.15, 0.2) is 5.82 Å². The lowest BCUT2D eigenvalue weighted by Gasteiger charge is -2.24. The smallest absolute Gasteiger partial charge is 0.262 e. The van der Waals surface area contributed by atoms with E-state index in [-0.39, 0.29) is 28.7 Å². The molecule has 172 valence electrons. The SMILES string of the molecule is N#Cc1c(N)nc(N)nc1N[C@@H](c1ccccc1)c1nc2cccc(Cl)c2c(=O)n1CCCN. The van der Waals surface area contributed by atoms with Crippen molar-refractivity contribution < 1.29 is 0 Å². The molecule has 7 N–H and O–H groups in total. The van der Waals surface area contributed by atoms with Crippen LogP contribution in [0.2, 0.25) is 5.02 Å². The molecular formula is C23H22ClN9O. The number of nitrogens with zero attached hydrogens (tertiary/aromatic N) is 5. The first-order chi connectivity index (χ1) is 16.4. The number of nitrogens with one attached hydrogen (secondary N) is 1. The number of rotatable bonds is 7. The Bertz CT molecular complexity index is 1450. The summed E-state index contributed by atoms with van der Waals surface area (Å²) >= 11 is 6.35.